The molecule has 1 aliphatic carbocycles. The zero-order valence-corrected chi connectivity index (χ0v) is 29.8. The highest BCUT2D eigenvalue weighted by Gasteiger charge is 2.86. The second-order valence-corrected chi connectivity index (χ2v) is 15.1. The molecule has 0 radical (unpaired) electrons. The second-order valence-electron chi connectivity index (χ2n) is 15.1. The van der Waals surface area contributed by atoms with Crippen molar-refractivity contribution in [2.75, 3.05) is 31.1 Å². The minimum atomic E-state index is -1.91. The van der Waals surface area contributed by atoms with Gasteiger partial charge in [0.2, 0.25) is 23.6 Å². The van der Waals surface area contributed by atoms with Crippen molar-refractivity contribution < 1.29 is 38.2 Å². The Hall–Kier alpha value is -5.81. The van der Waals surface area contributed by atoms with Gasteiger partial charge in [-0.05, 0) is 83.5 Å². The van der Waals surface area contributed by atoms with Crippen molar-refractivity contribution in [1.82, 2.24) is 4.90 Å². The lowest BCUT2D eigenvalue weighted by atomic mass is 9.64. The highest BCUT2D eigenvalue weighted by atomic mass is 16.5. The Bertz CT molecular complexity index is 2260. The molecule has 6 aliphatic rings. The van der Waals surface area contributed by atoms with Crippen molar-refractivity contribution in [3.8, 4) is 11.5 Å². The number of ether oxygens (including phenoxy) is 3. The Morgan fingerprint density at radius 1 is 0.630 bits per heavy atom. The average molecular weight is 724 g/mol. The summed E-state index contributed by atoms with van der Waals surface area (Å²) >= 11 is 0. The third kappa shape index (κ3) is 3.92. The topological polar surface area (TPSA) is 123 Å². The number of carbonyl (C=O) groups excluding carboxylic acids is 5. The molecule has 4 aromatic rings. The third-order valence-corrected chi connectivity index (χ3v) is 13.3. The molecule has 11 heteroatoms. The molecule has 0 unspecified atom stereocenters. The summed E-state index contributed by atoms with van der Waals surface area (Å²) in [5.74, 6) is -6.75. The monoisotopic (exact) mass is 723 g/mol. The summed E-state index contributed by atoms with van der Waals surface area (Å²) in [5.41, 5.74) is 2.08. The highest BCUT2D eigenvalue weighted by molar-refractivity contribution is 6.28. The summed E-state index contributed by atoms with van der Waals surface area (Å²) in [6, 6.07) is 30.4. The Morgan fingerprint density at radius 2 is 1.15 bits per heavy atom. The Labute approximate surface area is 311 Å². The minimum absolute atomic E-state index is 0.124. The van der Waals surface area contributed by atoms with Crippen molar-refractivity contribution in [2.24, 2.45) is 29.6 Å². The van der Waals surface area contributed by atoms with E-state index in [1.165, 1.54) is 26.2 Å². The molecule has 0 saturated carbocycles. The molecule has 0 bridgehead atoms. The zero-order valence-electron chi connectivity index (χ0n) is 29.8. The van der Waals surface area contributed by atoms with Crippen LogP contribution in [-0.2, 0) is 28.7 Å². The number of fused-ring (bicyclic) bond motifs is 10. The molecule has 0 spiro atoms. The van der Waals surface area contributed by atoms with Crippen LogP contribution in [-0.4, -0.2) is 73.4 Å². The van der Waals surface area contributed by atoms with Gasteiger partial charge in [0.1, 0.15) is 17.0 Å². The number of amides is 4. The van der Waals surface area contributed by atoms with Crippen LogP contribution in [0.15, 0.2) is 103 Å². The van der Waals surface area contributed by atoms with Gasteiger partial charge in [-0.25, -0.2) is 14.6 Å². The van der Waals surface area contributed by atoms with Gasteiger partial charge in [-0.2, -0.15) is 0 Å². The van der Waals surface area contributed by atoms with E-state index in [4.69, 9.17) is 14.2 Å². The van der Waals surface area contributed by atoms with Crippen molar-refractivity contribution in [3.63, 3.8) is 0 Å². The quantitative estimate of drug-likeness (QED) is 0.209. The number of esters is 1. The lowest BCUT2D eigenvalue weighted by molar-refractivity contribution is -0.164. The van der Waals surface area contributed by atoms with Crippen molar-refractivity contribution >= 4 is 41.0 Å². The molecule has 54 heavy (non-hydrogen) atoms. The van der Waals surface area contributed by atoms with Crippen LogP contribution in [0.1, 0.15) is 34.9 Å². The van der Waals surface area contributed by atoms with Gasteiger partial charge in [0.15, 0.2) is 0 Å². The first kappa shape index (κ1) is 32.8. The van der Waals surface area contributed by atoms with Crippen molar-refractivity contribution in [2.45, 2.75) is 35.9 Å². The van der Waals surface area contributed by atoms with Crippen LogP contribution in [0.2, 0.25) is 0 Å². The van der Waals surface area contributed by atoms with Gasteiger partial charge < -0.3 is 14.2 Å². The summed E-state index contributed by atoms with van der Waals surface area (Å²) in [7, 11) is 4.31. The van der Waals surface area contributed by atoms with Crippen LogP contribution in [0.3, 0.4) is 0 Å². The lowest BCUT2D eigenvalue weighted by Gasteiger charge is -2.49. The number of hydrogen-bond donors (Lipinski definition) is 0. The zero-order chi connectivity index (χ0) is 37.2. The molecule has 10 atom stereocenters. The lowest BCUT2D eigenvalue weighted by Crippen LogP contribution is -2.64. The predicted molar refractivity (Wildman–Crippen MR) is 195 cm³/mol. The Balaban J connectivity index is 1.21. The Kier molecular flexibility index (Phi) is 7.04. The van der Waals surface area contributed by atoms with Crippen LogP contribution >= 0.6 is 0 Å². The number of nitrogens with zero attached hydrogens (tertiary/aromatic N) is 3. The fourth-order valence-electron chi connectivity index (χ4n) is 11.6. The van der Waals surface area contributed by atoms with E-state index in [-0.39, 0.29) is 17.8 Å². The number of piperidine rings is 1. The number of methoxy groups -OCH3 is 3. The van der Waals surface area contributed by atoms with Crippen LogP contribution in [0.25, 0.3) is 0 Å². The van der Waals surface area contributed by atoms with Crippen LogP contribution in [0.4, 0.5) is 11.4 Å². The van der Waals surface area contributed by atoms with E-state index >= 15 is 14.4 Å². The van der Waals surface area contributed by atoms with E-state index < -0.39 is 70.9 Å². The molecule has 272 valence electrons. The van der Waals surface area contributed by atoms with E-state index in [1.54, 1.807) is 48.5 Å². The standard InChI is InChI=1S/C43H37N3O8/c1-52-25-17-13-23(14-18-25)44-38(47)33-30-21-29-27-11-7-8-12-28(27)31(22-9-5-4-6-10-22)32(29)37-34-36(43(46(30)37,42(51)54-3)35(33)40(44)49)41(50)45(39(34)48)24-15-19-26(53-2)20-16-24/h4-20,29-37H,21H2,1-3H3/t29-,30-,31+,32-,33+,34-,35-,36-,37-,43-/m1/s1. The molecular weight excluding hydrogens is 686 g/mol. The molecule has 11 nitrogen and oxygen atoms in total. The maximum atomic E-state index is 15.2. The molecule has 10 rings (SSSR count). The van der Waals surface area contributed by atoms with E-state index in [2.05, 4.69) is 24.3 Å². The molecule has 4 aromatic carbocycles. The first-order valence-electron chi connectivity index (χ1n) is 18.3. The van der Waals surface area contributed by atoms with Gasteiger partial charge in [0.05, 0.1) is 56.4 Å². The summed E-state index contributed by atoms with van der Waals surface area (Å²) < 4.78 is 16.3. The van der Waals surface area contributed by atoms with Gasteiger partial charge in [0.25, 0.3) is 0 Å². The van der Waals surface area contributed by atoms with Gasteiger partial charge in [-0.15, -0.1) is 0 Å². The number of rotatable bonds is 6. The molecule has 4 amide bonds. The van der Waals surface area contributed by atoms with Gasteiger partial charge in [-0.3, -0.25) is 24.1 Å². The third-order valence-electron chi connectivity index (χ3n) is 13.3. The SMILES string of the molecule is COC(=O)[C@]12[C@H]3C(=O)N(c4ccc(OC)cc4)C(=O)[C@H]3[C@H]3[C@H]4[C@@H](c5ccccc5)c5ccccc5[C@H]4C[C@H]([C@@H]4C(=O)N(c5ccc(OC)cc5)C(=O)[C@@H]41)N32. The first-order valence-corrected chi connectivity index (χ1v) is 18.3. The van der Waals surface area contributed by atoms with E-state index in [1.807, 2.05) is 35.2 Å². The van der Waals surface area contributed by atoms with Crippen molar-refractivity contribution in [1.29, 1.82) is 0 Å². The second kappa shape index (κ2) is 11.6. The number of benzene rings is 4. The largest absolute Gasteiger partial charge is 0.497 e. The van der Waals surface area contributed by atoms with E-state index in [9.17, 15) is 9.59 Å². The fourth-order valence-corrected chi connectivity index (χ4v) is 11.6. The normalized spacial score (nSPS) is 33.0. The predicted octanol–water partition coefficient (Wildman–Crippen LogP) is 4.54. The molecule has 0 aromatic heterocycles. The van der Waals surface area contributed by atoms with Crippen molar-refractivity contribution in [3.05, 3.63) is 120 Å². The molecular formula is C43H37N3O8. The number of anilines is 2. The molecule has 5 fully saturated rings. The van der Waals surface area contributed by atoms with Gasteiger partial charge in [-0.1, -0.05) is 54.6 Å². The van der Waals surface area contributed by atoms with Crippen LogP contribution in [0.5, 0.6) is 11.5 Å². The highest BCUT2D eigenvalue weighted by Crippen LogP contribution is 2.71. The average Bonchev–Trinajstić information content (AvgIpc) is 3.95. The summed E-state index contributed by atoms with van der Waals surface area (Å²) in [6.07, 6.45) is 0.459. The maximum Gasteiger partial charge on any atom is 0.328 e. The fraction of sp³-hybridized carbons (Fsp3) is 0.326. The van der Waals surface area contributed by atoms with Gasteiger partial charge in [0, 0.05) is 18.0 Å². The summed E-state index contributed by atoms with van der Waals surface area (Å²) in [4.78, 5) is 79.5. The summed E-state index contributed by atoms with van der Waals surface area (Å²) in [6.45, 7) is 0. The number of imide groups is 2. The van der Waals surface area contributed by atoms with Crippen LogP contribution < -0.4 is 19.3 Å². The van der Waals surface area contributed by atoms with E-state index in [0.29, 0.717) is 29.3 Å². The maximum absolute atomic E-state index is 15.2. The first-order chi connectivity index (χ1) is 26.3. The van der Waals surface area contributed by atoms with Crippen LogP contribution in [0, 0.1) is 29.6 Å². The summed E-state index contributed by atoms with van der Waals surface area (Å²) in [5, 5.41) is 0. The molecule has 0 N–H and O–H groups in total. The van der Waals surface area contributed by atoms with Gasteiger partial charge >= 0.3 is 5.97 Å². The van der Waals surface area contributed by atoms with E-state index in [0.717, 1.165) is 21.6 Å². The number of hydrogen-bond acceptors (Lipinski definition) is 9. The molecule has 5 aliphatic heterocycles. The molecule has 5 saturated heterocycles. The minimum Gasteiger partial charge on any atom is -0.497 e. The molecule has 5 heterocycles. The Morgan fingerprint density at radius 3 is 1.70 bits per heavy atom. The smallest absolute Gasteiger partial charge is 0.328 e. The number of carbonyl (C=O) groups is 5.